The molecule has 0 aromatic rings. The molecule has 4 aliphatic carbocycles. The third kappa shape index (κ3) is 10.3. The largest absolute Gasteiger partial charge is 0.390 e. The molecule has 70 heavy (non-hydrogen) atoms. The highest BCUT2D eigenvalue weighted by atomic mass is 16.8. The number of ether oxygens (including phenoxy) is 12. The van der Waals surface area contributed by atoms with Crippen LogP contribution in [-0.4, -0.2) is 170 Å². The molecule has 4 aliphatic heterocycles. The molecule has 0 amide bonds. The highest BCUT2D eigenvalue weighted by molar-refractivity contribution is 5.80. The van der Waals surface area contributed by atoms with Crippen LogP contribution >= 0.6 is 0 Å². The van der Waals surface area contributed by atoms with Crippen molar-refractivity contribution in [3.63, 3.8) is 0 Å². The zero-order chi connectivity index (χ0) is 50.6. The molecule has 0 bridgehead atoms. The van der Waals surface area contributed by atoms with Gasteiger partial charge in [0, 0.05) is 58.3 Å². The molecule has 3 saturated carbocycles. The lowest BCUT2D eigenvalue weighted by atomic mass is 9.45. The van der Waals surface area contributed by atoms with Gasteiger partial charge in [0.1, 0.15) is 30.2 Å². The van der Waals surface area contributed by atoms with E-state index in [0.717, 1.165) is 25.7 Å². The van der Waals surface area contributed by atoms with E-state index in [-0.39, 0.29) is 53.7 Å². The van der Waals surface area contributed by atoms with Crippen LogP contribution in [0.3, 0.4) is 0 Å². The van der Waals surface area contributed by atoms with E-state index in [0.29, 0.717) is 44.1 Å². The molecule has 4 saturated heterocycles. The molecule has 0 spiro atoms. The predicted octanol–water partition coefficient (Wildman–Crippen LogP) is 5.40. The van der Waals surface area contributed by atoms with Gasteiger partial charge >= 0.3 is 0 Å². The zero-order valence-electron chi connectivity index (χ0n) is 43.7. The van der Waals surface area contributed by atoms with Crippen LogP contribution in [0.4, 0.5) is 0 Å². The van der Waals surface area contributed by atoms with E-state index in [4.69, 9.17) is 56.8 Å². The highest BCUT2D eigenvalue weighted by Gasteiger charge is 2.71. The Balaban J connectivity index is 0.850. The molecule has 400 valence electrons. The summed E-state index contributed by atoms with van der Waals surface area (Å²) >= 11 is 0. The van der Waals surface area contributed by atoms with Gasteiger partial charge in [0.25, 0.3) is 0 Å². The first-order valence-electron chi connectivity index (χ1n) is 26.3. The first kappa shape index (κ1) is 54.8. The third-order valence-electron chi connectivity index (χ3n) is 18.7. The van der Waals surface area contributed by atoms with Gasteiger partial charge in [-0.05, 0) is 116 Å². The first-order valence-corrected chi connectivity index (χ1v) is 26.3. The summed E-state index contributed by atoms with van der Waals surface area (Å²) in [5, 5.41) is 45.6. The Kier molecular flexibility index (Phi) is 17.2. The second kappa shape index (κ2) is 22.0. The fraction of sp³-hybridized carbons (Fsp3) is 0.906. The van der Waals surface area contributed by atoms with Crippen LogP contribution in [0.15, 0.2) is 23.3 Å². The molecule has 4 heterocycles. The lowest BCUT2D eigenvalue weighted by Crippen LogP contribution is -2.67. The van der Waals surface area contributed by atoms with Crippen LogP contribution in [0.5, 0.6) is 0 Å². The number of carbonyl (C=O) groups excluding carboxylic acids is 1. The van der Waals surface area contributed by atoms with E-state index in [9.17, 15) is 25.2 Å². The Labute approximate surface area is 415 Å². The molecule has 21 unspecified atom stereocenters. The van der Waals surface area contributed by atoms with Crippen molar-refractivity contribution in [1.82, 2.24) is 0 Å². The van der Waals surface area contributed by atoms with Crippen molar-refractivity contribution in [3.05, 3.63) is 23.3 Å². The van der Waals surface area contributed by atoms with E-state index >= 15 is 0 Å². The quantitative estimate of drug-likeness (QED) is 0.120. The summed E-state index contributed by atoms with van der Waals surface area (Å²) in [6.45, 7) is 17.2. The lowest BCUT2D eigenvalue weighted by molar-refractivity contribution is -0.346. The van der Waals surface area contributed by atoms with E-state index < -0.39 is 110 Å². The molecule has 17 nitrogen and oxygen atoms in total. The van der Waals surface area contributed by atoms with Crippen LogP contribution < -0.4 is 0 Å². The maximum Gasteiger partial charge on any atom is 0.177 e. The summed E-state index contributed by atoms with van der Waals surface area (Å²) in [6, 6.07) is 0. The Bertz CT molecular complexity index is 1840. The van der Waals surface area contributed by atoms with Crippen molar-refractivity contribution < 1.29 is 82.1 Å². The number of ketones is 1. The highest BCUT2D eigenvalue weighted by Crippen LogP contribution is 2.69. The van der Waals surface area contributed by atoms with Crippen LogP contribution in [0.25, 0.3) is 0 Å². The van der Waals surface area contributed by atoms with Crippen molar-refractivity contribution in [2.45, 2.75) is 255 Å². The molecule has 4 N–H and O–H groups in total. The van der Waals surface area contributed by atoms with Gasteiger partial charge in [-0.25, -0.2) is 0 Å². The van der Waals surface area contributed by atoms with Gasteiger partial charge in [0.05, 0.1) is 66.6 Å². The second-order valence-electron chi connectivity index (χ2n) is 22.5. The topological polar surface area (TPSA) is 209 Å². The lowest BCUT2D eigenvalue weighted by Gasteiger charge is -2.63. The number of methoxy groups -OCH3 is 3. The first-order chi connectivity index (χ1) is 33.2. The summed E-state index contributed by atoms with van der Waals surface area (Å²) in [5.74, 6) is -0.202. The van der Waals surface area contributed by atoms with Crippen molar-refractivity contribution >= 4 is 5.78 Å². The van der Waals surface area contributed by atoms with Crippen molar-refractivity contribution in [2.75, 3.05) is 21.3 Å². The average molecular weight is 995 g/mol. The number of aliphatic hydroxyl groups excluding tert-OH is 3. The minimum absolute atomic E-state index is 0.0315. The summed E-state index contributed by atoms with van der Waals surface area (Å²) < 4.78 is 75.3. The molecule has 7 fully saturated rings. The van der Waals surface area contributed by atoms with Crippen LogP contribution in [0, 0.1) is 28.6 Å². The number of fused-ring (bicyclic) bond motifs is 5. The Morgan fingerprint density at radius 3 is 1.80 bits per heavy atom. The average Bonchev–Trinajstić information content (AvgIpc) is 3.61. The van der Waals surface area contributed by atoms with Gasteiger partial charge in [-0.3, -0.25) is 4.79 Å². The molecule has 0 aromatic heterocycles. The molecular formula is C53H86O17. The molecule has 0 radical (unpaired) electrons. The van der Waals surface area contributed by atoms with Crippen LogP contribution in [0.1, 0.15) is 133 Å². The van der Waals surface area contributed by atoms with Crippen molar-refractivity contribution in [3.8, 4) is 0 Å². The fourth-order valence-corrected chi connectivity index (χ4v) is 14.3. The van der Waals surface area contributed by atoms with E-state index in [1.54, 1.807) is 35.2 Å². The number of aliphatic hydroxyl groups is 4. The maximum atomic E-state index is 13.1. The molecule has 25 atom stereocenters. The molecular weight excluding hydrogens is 909 g/mol. The van der Waals surface area contributed by atoms with Gasteiger partial charge in [-0.2, -0.15) is 0 Å². The number of carbonyl (C=O) groups is 1. The van der Waals surface area contributed by atoms with Gasteiger partial charge in [-0.15, -0.1) is 0 Å². The Morgan fingerprint density at radius 2 is 1.24 bits per heavy atom. The maximum absolute atomic E-state index is 13.1. The summed E-state index contributed by atoms with van der Waals surface area (Å²) in [7, 11) is 4.86. The minimum atomic E-state index is -1.11. The number of allylic oxidation sites excluding steroid dienone is 2. The van der Waals surface area contributed by atoms with Gasteiger partial charge in [0.15, 0.2) is 31.5 Å². The van der Waals surface area contributed by atoms with Gasteiger partial charge in [-0.1, -0.05) is 31.6 Å². The SMILES string of the molecule is C/C=C(\C)C(O)O[C@@H]1CC2C(CC=C3CC(OC4CC(OC)C(OC5CC(OC)C(OC6CC(O)C(OC7CC(OC)C(O)C(C)O7)C(C)O6)C(C)O5)C(C)O4)CC[C@@]32C)[C@@]2(O)CCC(C(C)=O)[C@@]12C. The fourth-order valence-electron chi connectivity index (χ4n) is 14.3. The standard InChI is InChI=1S/C53H86O17/c1-13-26(2)50(57)67-41-21-36-35(53(58)19-17-34(27(3)54)52(41,53)9)15-14-32-20-33(16-18-51(32,36)8)66-43-24-39(60-11)49(30(6)64-43)70-45-25-40(61-12)48(31(7)65-45)69-42-22-37(55)47(29(5)63-42)68-44-23-38(59-10)46(56)28(4)62-44/h13-14,28-31,33-50,55-58H,15-25H2,1-12H3/b26-13+/t28?,29?,30?,31?,33?,34?,35?,36?,37?,38?,39?,40?,41-,42?,43?,44?,45?,46?,47?,48?,49?,50?,51+,52+,53+/m1/s1. The van der Waals surface area contributed by atoms with Crippen LogP contribution in [-0.2, 0) is 61.6 Å². The van der Waals surface area contributed by atoms with E-state index in [1.807, 2.05) is 47.6 Å². The van der Waals surface area contributed by atoms with Crippen LogP contribution in [0.2, 0.25) is 0 Å². The molecule has 17 heteroatoms. The number of hydrogen-bond donors (Lipinski definition) is 4. The minimum Gasteiger partial charge on any atom is -0.390 e. The van der Waals surface area contributed by atoms with Gasteiger partial charge in [0.2, 0.25) is 0 Å². The number of rotatable bonds is 15. The van der Waals surface area contributed by atoms with Crippen molar-refractivity contribution in [2.24, 2.45) is 28.6 Å². The zero-order valence-corrected chi connectivity index (χ0v) is 43.7. The summed E-state index contributed by atoms with van der Waals surface area (Å²) in [4.78, 5) is 13.1. The predicted molar refractivity (Wildman–Crippen MR) is 253 cm³/mol. The molecule has 8 aliphatic rings. The smallest absolute Gasteiger partial charge is 0.177 e. The molecule has 8 rings (SSSR count). The summed E-state index contributed by atoms with van der Waals surface area (Å²) in [5.41, 5.74) is -0.103. The Hall–Kier alpha value is -1.49. The third-order valence-corrected chi connectivity index (χ3v) is 18.7. The van der Waals surface area contributed by atoms with E-state index in [1.165, 1.54) is 5.57 Å². The molecule has 0 aromatic carbocycles. The van der Waals surface area contributed by atoms with Gasteiger partial charge < -0.3 is 77.3 Å². The van der Waals surface area contributed by atoms with E-state index in [2.05, 4.69) is 13.0 Å². The second-order valence-corrected chi connectivity index (χ2v) is 22.5. The monoisotopic (exact) mass is 995 g/mol. The number of hydrogen-bond acceptors (Lipinski definition) is 17. The Morgan fingerprint density at radius 1 is 0.714 bits per heavy atom. The van der Waals surface area contributed by atoms with Crippen molar-refractivity contribution in [1.29, 1.82) is 0 Å². The number of Topliss-reactive ketones (excluding diaryl/α,β-unsaturated/α-hetero) is 1. The summed E-state index contributed by atoms with van der Waals surface area (Å²) in [6.07, 6.45) is -0.197. The normalized spacial score (nSPS) is 50.4.